The van der Waals surface area contributed by atoms with Crippen LogP contribution in [-0.4, -0.2) is 18.2 Å². The lowest BCUT2D eigenvalue weighted by atomic mass is 9.72. The van der Waals surface area contributed by atoms with Crippen LogP contribution in [0.15, 0.2) is 30.3 Å². The molecule has 1 saturated carbocycles. The second-order valence-electron chi connectivity index (χ2n) is 5.09. The molecule has 96 valence electrons. The Morgan fingerprint density at radius 2 is 2.11 bits per heavy atom. The molecule has 18 heavy (non-hydrogen) atoms. The molecular weight excluding hydrogens is 226 g/mol. The van der Waals surface area contributed by atoms with Crippen molar-refractivity contribution in [2.75, 3.05) is 11.5 Å². The highest BCUT2D eigenvalue weighted by Gasteiger charge is 2.62. The Kier molecular flexibility index (Phi) is 2.86. The van der Waals surface area contributed by atoms with Gasteiger partial charge in [-0.1, -0.05) is 24.6 Å². The van der Waals surface area contributed by atoms with Gasteiger partial charge in [-0.25, -0.2) is 0 Å². The first-order valence-corrected chi connectivity index (χ1v) is 6.82. The summed E-state index contributed by atoms with van der Waals surface area (Å²) in [6, 6.07) is 9.89. The normalized spacial score (nSPS) is 30.8. The van der Waals surface area contributed by atoms with Crippen LogP contribution in [0.3, 0.4) is 0 Å². The standard InChI is InChI=1S/C15H19NO2/c1-2-18-15-11-7-6-10-13(15)14(17)16(15)12-8-4-3-5-9-12/h3-5,8-9,13H,2,6-7,10-11H2,1H3/t13-,15-/m1/s1. The Balaban J connectivity index is 1.96. The van der Waals surface area contributed by atoms with E-state index in [1.54, 1.807) is 0 Å². The maximum Gasteiger partial charge on any atom is 0.237 e. The quantitative estimate of drug-likeness (QED) is 0.766. The van der Waals surface area contributed by atoms with E-state index < -0.39 is 0 Å². The molecule has 1 aromatic rings. The number of nitrogens with zero attached hydrogens (tertiary/aromatic N) is 1. The maximum atomic E-state index is 12.3. The van der Waals surface area contributed by atoms with Gasteiger partial charge in [0.05, 0.1) is 5.92 Å². The molecular formula is C15H19NO2. The summed E-state index contributed by atoms with van der Waals surface area (Å²) in [7, 11) is 0. The van der Waals surface area contributed by atoms with E-state index in [1.807, 2.05) is 42.2 Å². The molecule has 1 amide bonds. The Hall–Kier alpha value is -1.35. The fourth-order valence-electron chi connectivity index (χ4n) is 3.40. The van der Waals surface area contributed by atoms with E-state index in [9.17, 15) is 4.79 Å². The maximum absolute atomic E-state index is 12.3. The smallest absolute Gasteiger partial charge is 0.237 e. The molecule has 1 aliphatic heterocycles. The van der Waals surface area contributed by atoms with E-state index in [2.05, 4.69) is 0 Å². The summed E-state index contributed by atoms with van der Waals surface area (Å²) >= 11 is 0. The number of β-lactam (4-membered cyclic amide) rings is 1. The molecule has 0 radical (unpaired) electrons. The minimum Gasteiger partial charge on any atom is -0.355 e. The third-order valence-corrected chi connectivity index (χ3v) is 4.13. The van der Waals surface area contributed by atoms with Gasteiger partial charge in [-0.2, -0.15) is 0 Å². The third kappa shape index (κ3) is 1.50. The van der Waals surface area contributed by atoms with E-state index in [0.717, 1.165) is 31.4 Å². The number of hydrogen-bond donors (Lipinski definition) is 0. The highest BCUT2D eigenvalue weighted by atomic mass is 16.5. The summed E-state index contributed by atoms with van der Waals surface area (Å²) < 4.78 is 6.01. The van der Waals surface area contributed by atoms with Gasteiger partial charge in [-0.3, -0.25) is 9.69 Å². The van der Waals surface area contributed by atoms with E-state index in [4.69, 9.17) is 4.74 Å². The van der Waals surface area contributed by atoms with Crippen LogP contribution in [0.1, 0.15) is 32.6 Å². The van der Waals surface area contributed by atoms with Crippen LogP contribution in [0.5, 0.6) is 0 Å². The second kappa shape index (κ2) is 4.39. The lowest BCUT2D eigenvalue weighted by Gasteiger charge is -2.58. The average molecular weight is 245 g/mol. The lowest BCUT2D eigenvalue weighted by molar-refractivity contribution is -0.177. The van der Waals surface area contributed by atoms with Crippen molar-refractivity contribution in [1.82, 2.24) is 0 Å². The summed E-state index contributed by atoms with van der Waals surface area (Å²) in [6.45, 7) is 2.67. The number of anilines is 1. The first-order chi connectivity index (χ1) is 8.79. The molecule has 2 aliphatic rings. The van der Waals surface area contributed by atoms with Crippen molar-refractivity contribution in [2.45, 2.75) is 38.3 Å². The molecule has 2 atom stereocenters. The van der Waals surface area contributed by atoms with Crippen LogP contribution < -0.4 is 4.90 Å². The Morgan fingerprint density at radius 3 is 2.83 bits per heavy atom. The molecule has 1 saturated heterocycles. The van der Waals surface area contributed by atoms with E-state index in [1.165, 1.54) is 0 Å². The Bertz CT molecular complexity index is 441. The zero-order valence-corrected chi connectivity index (χ0v) is 10.8. The van der Waals surface area contributed by atoms with Gasteiger partial charge in [0, 0.05) is 12.3 Å². The fourth-order valence-corrected chi connectivity index (χ4v) is 3.40. The molecule has 1 aliphatic carbocycles. The van der Waals surface area contributed by atoms with Crippen molar-refractivity contribution in [3.05, 3.63) is 30.3 Å². The summed E-state index contributed by atoms with van der Waals surface area (Å²) in [5.41, 5.74) is 0.611. The molecule has 0 unspecified atom stereocenters. The highest BCUT2D eigenvalue weighted by molar-refractivity contribution is 6.04. The number of carbonyl (C=O) groups is 1. The minimum atomic E-state index is -0.356. The predicted octanol–water partition coefficient (Wildman–Crippen LogP) is 2.96. The molecule has 3 heteroatoms. The average Bonchev–Trinajstić information content (AvgIpc) is 2.40. The predicted molar refractivity (Wildman–Crippen MR) is 70.2 cm³/mol. The highest BCUT2D eigenvalue weighted by Crippen LogP contribution is 2.50. The van der Waals surface area contributed by atoms with Crippen molar-refractivity contribution < 1.29 is 9.53 Å². The SMILES string of the molecule is CCO[C@]12CCCC[C@@H]1C(=O)N2c1ccccc1. The molecule has 0 spiro atoms. The summed E-state index contributed by atoms with van der Waals surface area (Å²) in [5, 5.41) is 0. The monoisotopic (exact) mass is 245 g/mol. The van der Waals surface area contributed by atoms with Crippen LogP contribution in [-0.2, 0) is 9.53 Å². The van der Waals surface area contributed by atoms with Gasteiger partial charge in [0.15, 0.2) is 5.72 Å². The zero-order chi connectivity index (χ0) is 12.6. The summed E-state index contributed by atoms with van der Waals surface area (Å²) in [5.74, 6) is 0.306. The first kappa shape index (κ1) is 11.7. The molecule has 0 aromatic heterocycles. The molecule has 0 bridgehead atoms. The fraction of sp³-hybridized carbons (Fsp3) is 0.533. The Labute approximate surface area is 108 Å². The van der Waals surface area contributed by atoms with Crippen LogP contribution in [0.25, 0.3) is 0 Å². The van der Waals surface area contributed by atoms with Gasteiger partial charge in [0.25, 0.3) is 0 Å². The number of benzene rings is 1. The van der Waals surface area contributed by atoms with Crippen LogP contribution in [0.2, 0.25) is 0 Å². The summed E-state index contributed by atoms with van der Waals surface area (Å²) in [6.07, 6.45) is 4.23. The number of carbonyl (C=O) groups excluding carboxylic acids is 1. The van der Waals surface area contributed by atoms with Gasteiger partial charge < -0.3 is 4.74 Å². The molecule has 0 N–H and O–H groups in total. The van der Waals surface area contributed by atoms with Crippen molar-refractivity contribution in [1.29, 1.82) is 0 Å². The molecule has 1 heterocycles. The van der Waals surface area contributed by atoms with Crippen LogP contribution in [0, 0.1) is 5.92 Å². The zero-order valence-electron chi connectivity index (χ0n) is 10.8. The van der Waals surface area contributed by atoms with Crippen molar-refractivity contribution in [3.8, 4) is 0 Å². The number of amides is 1. The second-order valence-corrected chi connectivity index (χ2v) is 5.09. The molecule has 3 nitrogen and oxygen atoms in total. The van der Waals surface area contributed by atoms with Gasteiger partial charge in [-0.15, -0.1) is 0 Å². The van der Waals surface area contributed by atoms with E-state index in [0.29, 0.717) is 6.61 Å². The van der Waals surface area contributed by atoms with Gasteiger partial charge in [0.2, 0.25) is 5.91 Å². The van der Waals surface area contributed by atoms with E-state index >= 15 is 0 Å². The van der Waals surface area contributed by atoms with Crippen molar-refractivity contribution >= 4 is 11.6 Å². The molecule has 1 aromatic carbocycles. The van der Waals surface area contributed by atoms with Crippen LogP contribution >= 0.6 is 0 Å². The first-order valence-electron chi connectivity index (χ1n) is 6.82. The number of ether oxygens (including phenoxy) is 1. The number of para-hydroxylation sites is 1. The van der Waals surface area contributed by atoms with Crippen molar-refractivity contribution in [2.24, 2.45) is 5.92 Å². The summed E-state index contributed by atoms with van der Waals surface area (Å²) in [4.78, 5) is 14.2. The lowest BCUT2D eigenvalue weighted by Crippen LogP contribution is -2.73. The van der Waals surface area contributed by atoms with Gasteiger partial charge in [-0.05, 0) is 38.3 Å². The number of hydrogen-bond acceptors (Lipinski definition) is 2. The topological polar surface area (TPSA) is 29.5 Å². The van der Waals surface area contributed by atoms with Crippen molar-refractivity contribution in [3.63, 3.8) is 0 Å². The third-order valence-electron chi connectivity index (χ3n) is 4.13. The van der Waals surface area contributed by atoms with Crippen LogP contribution in [0.4, 0.5) is 5.69 Å². The minimum absolute atomic E-state index is 0.0754. The number of fused-ring (bicyclic) bond motifs is 1. The molecule has 3 rings (SSSR count). The number of rotatable bonds is 3. The van der Waals surface area contributed by atoms with E-state index in [-0.39, 0.29) is 17.6 Å². The largest absolute Gasteiger partial charge is 0.355 e. The Morgan fingerprint density at radius 1 is 1.33 bits per heavy atom. The van der Waals surface area contributed by atoms with Gasteiger partial charge >= 0.3 is 0 Å². The van der Waals surface area contributed by atoms with Gasteiger partial charge in [0.1, 0.15) is 0 Å². The molecule has 2 fully saturated rings.